The highest BCUT2D eigenvalue weighted by molar-refractivity contribution is 7.12. The molecule has 92 valence electrons. The number of carbonyl (C=O) groups excluding carboxylic acids is 1. The molecule has 1 aliphatic rings. The van der Waals surface area contributed by atoms with Crippen molar-refractivity contribution in [3.63, 3.8) is 0 Å². The topological polar surface area (TPSA) is 66.8 Å². The summed E-state index contributed by atoms with van der Waals surface area (Å²) in [6, 6.07) is 0.978. The lowest BCUT2D eigenvalue weighted by atomic mass is 10.2. The molecule has 1 fully saturated rings. The van der Waals surface area contributed by atoms with Crippen molar-refractivity contribution in [1.29, 1.82) is 0 Å². The summed E-state index contributed by atoms with van der Waals surface area (Å²) < 4.78 is 5.10. The third-order valence-corrected chi connectivity index (χ3v) is 3.74. The number of thiophene rings is 1. The van der Waals surface area contributed by atoms with Crippen LogP contribution in [0.4, 0.5) is 0 Å². The number of carboxylic acid groups (broad SMARTS) is 1. The zero-order chi connectivity index (χ0) is 12.4. The molecule has 0 aliphatic carbocycles. The number of aliphatic carboxylic acids is 1. The third kappa shape index (κ3) is 2.32. The molecule has 2 heterocycles. The third-order valence-electron chi connectivity index (χ3n) is 2.73. The minimum atomic E-state index is -1.02. The first-order valence-electron chi connectivity index (χ1n) is 5.27. The van der Waals surface area contributed by atoms with Crippen LogP contribution in [0.1, 0.15) is 15.2 Å². The van der Waals surface area contributed by atoms with Crippen molar-refractivity contribution in [2.75, 3.05) is 19.8 Å². The molecule has 6 heteroatoms. The minimum absolute atomic E-state index is 0.0610. The Kier molecular flexibility index (Phi) is 3.44. The van der Waals surface area contributed by atoms with Crippen LogP contribution in [-0.4, -0.2) is 47.7 Å². The largest absolute Gasteiger partial charge is 0.480 e. The van der Waals surface area contributed by atoms with E-state index in [1.807, 2.05) is 18.4 Å². The molecule has 1 saturated heterocycles. The number of nitrogens with zero attached hydrogens (tertiary/aromatic N) is 1. The fourth-order valence-corrected chi connectivity index (χ4v) is 2.65. The van der Waals surface area contributed by atoms with Gasteiger partial charge in [-0.3, -0.25) is 4.79 Å². The molecule has 17 heavy (non-hydrogen) atoms. The maximum atomic E-state index is 12.2. The molecule has 1 atom stereocenters. The second-order valence-electron chi connectivity index (χ2n) is 3.86. The predicted octanol–water partition coefficient (Wildman–Crippen LogP) is 0.982. The average molecular weight is 255 g/mol. The standard InChI is InChI=1S/C11H13NO4S/c1-7-2-5-17-9(7)10(13)12-3-4-16-6-8(12)11(14)15/h2,5,8H,3-4,6H2,1H3,(H,14,15)/t8-/m1/s1. The van der Waals surface area contributed by atoms with Gasteiger partial charge in [0.05, 0.1) is 18.1 Å². The minimum Gasteiger partial charge on any atom is -0.480 e. The number of ether oxygens (including phenoxy) is 1. The lowest BCUT2D eigenvalue weighted by Crippen LogP contribution is -2.52. The van der Waals surface area contributed by atoms with Gasteiger partial charge < -0.3 is 14.7 Å². The van der Waals surface area contributed by atoms with Crippen LogP contribution in [0.2, 0.25) is 0 Å². The molecule has 1 N–H and O–H groups in total. The normalized spacial score (nSPS) is 20.3. The average Bonchev–Trinajstić information content (AvgIpc) is 2.74. The Labute approximate surface area is 103 Å². The molecule has 0 aromatic carbocycles. The molecule has 0 spiro atoms. The van der Waals surface area contributed by atoms with Crippen molar-refractivity contribution >= 4 is 23.2 Å². The molecule has 1 aromatic heterocycles. The van der Waals surface area contributed by atoms with Crippen LogP contribution in [0.25, 0.3) is 0 Å². The second-order valence-corrected chi connectivity index (χ2v) is 4.78. The van der Waals surface area contributed by atoms with Crippen LogP contribution in [0.3, 0.4) is 0 Å². The van der Waals surface area contributed by atoms with Gasteiger partial charge in [0, 0.05) is 6.54 Å². The first-order chi connectivity index (χ1) is 8.11. The van der Waals surface area contributed by atoms with Crippen LogP contribution >= 0.6 is 11.3 Å². The summed E-state index contributed by atoms with van der Waals surface area (Å²) in [5.74, 6) is -1.24. The molecule has 1 aromatic rings. The number of aryl methyl sites for hydroxylation is 1. The van der Waals surface area contributed by atoms with E-state index in [9.17, 15) is 9.59 Å². The van der Waals surface area contributed by atoms with Crippen molar-refractivity contribution in [2.24, 2.45) is 0 Å². The van der Waals surface area contributed by atoms with Gasteiger partial charge in [-0.1, -0.05) is 0 Å². The van der Waals surface area contributed by atoms with Crippen LogP contribution in [-0.2, 0) is 9.53 Å². The van der Waals surface area contributed by atoms with Crippen LogP contribution in [0.5, 0.6) is 0 Å². The molecular weight excluding hydrogens is 242 g/mol. The quantitative estimate of drug-likeness (QED) is 0.855. The van der Waals surface area contributed by atoms with E-state index in [2.05, 4.69) is 0 Å². The predicted molar refractivity (Wildman–Crippen MR) is 62.3 cm³/mol. The smallest absolute Gasteiger partial charge is 0.328 e. The molecular formula is C11H13NO4S. The van der Waals surface area contributed by atoms with E-state index in [0.29, 0.717) is 18.0 Å². The molecule has 0 unspecified atom stereocenters. The van der Waals surface area contributed by atoms with E-state index in [1.54, 1.807) is 0 Å². The summed E-state index contributed by atoms with van der Waals surface area (Å²) in [4.78, 5) is 25.3. The number of carbonyl (C=O) groups is 2. The van der Waals surface area contributed by atoms with Crippen molar-refractivity contribution in [1.82, 2.24) is 4.90 Å². The summed E-state index contributed by atoms with van der Waals surface area (Å²) in [5.41, 5.74) is 0.885. The molecule has 0 radical (unpaired) electrons. The monoisotopic (exact) mass is 255 g/mol. The van der Waals surface area contributed by atoms with E-state index < -0.39 is 12.0 Å². The van der Waals surface area contributed by atoms with Crippen LogP contribution < -0.4 is 0 Å². The van der Waals surface area contributed by atoms with Gasteiger partial charge in [0.2, 0.25) is 0 Å². The highest BCUT2D eigenvalue weighted by Crippen LogP contribution is 2.20. The Morgan fingerprint density at radius 3 is 2.94 bits per heavy atom. The number of amides is 1. The van der Waals surface area contributed by atoms with Gasteiger partial charge in [-0.15, -0.1) is 11.3 Å². The lowest BCUT2D eigenvalue weighted by molar-refractivity contribution is -0.147. The molecule has 0 saturated carbocycles. The number of rotatable bonds is 2. The van der Waals surface area contributed by atoms with Crippen LogP contribution in [0.15, 0.2) is 11.4 Å². The van der Waals surface area contributed by atoms with E-state index in [0.717, 1.165) is 5.56 Å². The zero-order valence-electron chi connectivity index (χ0n) is 9.38. The molecule has 1 aliphatic heterocycles. The Hall–Kier alpha value is -1.40. The fraction of sp³-hybridized carbons (Fsp3) is 0.455. The first-order valence-corrected chi connectivity index (χ1v) is 6.15. The van der Waals surface area contributed by atoms with Crippen molar-refractivity contribution in [3.8, 4) is 0 Å². The summed E-state index contributed by atoms with van der Waals surface area (Å²) >= 11 is 1.34. The van der Waals surface area contributed by atoms with Gasteiger partial charge in [0.15, 0.2) is 6.04 Å². The van der Waals surface area contributed by atoms with Gasteiger partial charge in [-0.2, -0.15) is 0 Å². The SMILES string of the molecule is Cc1ccsc1C(=O)N1CCOC[C@@H]1C(=O)O. The van der Waals surface area contributed by atoms with E-state index >= 15 is 0 Å². The number of morpholine rings is 1. The lowest BCUT2D eigenvalue weighted by Gasteiger charge is -2.32. The maximum absolute atomic E-state index is 12.2. The van der Waals surface area contributed by atoms with Crippen molar-refractivity contribution in [2.45, 2.75) is 13.0 Å². The van der Waals surface area contributed by atoms with Gasteiger partial charge in [-0.25, -0.2) is 4.79 Å². The summed E-state index contributed by atoms with van der Waals surface area (Å²) in [6.07, 6.45) is 0. The Bertz CT molecular complexity index is 442. The molecule has 5 nitrogen and oxygen atoms in total. The van der Waals surface area contributed by atoms with Gasteiger partial charge in [-0.05, 0) is 23.9 Å². The first kappa shape index (κ1) is 12.1. The Morgan fingerprint density at radius 2 is 2.35 bits per heavy atom. The maximum Gasteiger partial charge on any atom is 0.328 e. The highest BCUT2D eigenvalue weighted by atomic mass is 32.1. The van der Waals surface area contributed by atoms with Crippen molar-refractivity contribution < 1.29 is 19.4 Å². The van der Waals surface area contributed by atoms with Gasteiger partial charge in [0.1, 0.15) is 0 Å². The van der Waals surface area contributed by atoms with E-state index in [-0.39, 0.29) is 12.5 Å². The number of hydrogen-bond donors (Lipinski definition) is 1. The molecule has 1 amide bonds. The molecule has 0 bridgehead atoms. The summed E-state index contributed by atoms with van der Waals surface area (Å²) in [7, 11) is 0. The summed E-state index contributed by atoms with van der Waals surface area (Å²) in [5, 5.41) is 10.9. The number of hydrogen-bond acceptors (Lipinski definition) is 4. The van der Waals surface area contributed by atoms with Gasteiger partial charge in [0.25, 0.3) is 5.91 Å². The van der Waals surface area contributed by atoms with E-state index in [4.69, 9.17) is 9.84 Å². The Balaban J connectivity index is 2.23. The van der Waals surface area contributed by atoms with Crippen LogP contribution in [0, 0.1) is 6.92 Å². The zero-order valence-corrected chi connectivity index (χ0v) is 10.2. The van der Waals surface area contributed by atoms with E-state index in [1.165, 1.54) is 16.2 Å². The number of carboxylic acids is 1. The Morgan fingerprint density at radius 1 is 1.59 bits per heavy atom. The van der Waals surface area contributed by atoms with Crippen molar-refractivity contribution in [3.05, 3.63) is 21.9 Å². The van der Waals surface area contributed by atoms with Gasteiger partial charge >= 0.3 is 5.97 Å². The fourth-order valence-electron chi connectivity index (χ4n) is 1.77. The second kappa shape index (κ2) is 4.85. The summed E-state index contributed by atoms with van der Waals surface area (Å²) in [6.45, 7) is 2.62. The highest BCUT2D eigenvalue weighted by Gasteiger charge is 2.34. The molecule has 2 rings (SSSR count).